The van der Waals surface area contributed by atoms with E-state index < -0.39 is 24.8 Å². The second-order valence-corrected chi connectivity index (χ2v) is 5.94. The van der Waals surface area contributed by atoms with Crippen molar-refractivity contribution in [2.75, 3.05) is 0 Å². The molecule has 0 aromatic heterocycles. The third-order valence-electron chi connectivity index (χ3n) is 3.16. The zero-order chi connectivity index (χ0) is 12.8. The van der Waals surface area contributed by atoms with Gasteiger partial charge in [0, 0.05) is 0 Å². The van der Waals surface area contributed by atoms with Crippen LogP contribution in [0.5, 0.6) is 0 Å². The number of carboxylic acids is 1. The van der Waals surface area contributed by atoms with Crippen molar-refractivity contribution in [3.63, 3.8) is 0 Å². The number of hydrogen-bond acceptors (Lipinski definition) is 3. The van der Waals surface area contributed by atoms with Crippen LogP contribution >= 0.6 is 7.60 Å². The van der Waals surface area contributed by atoms with Crippen LogP contribution in [0.2, 0.25) is 0 Å². The third kappa shape index (κ3) is 1.70. The smallest absolute Gasteiger partial charge is 0.331 e. The summed E-state index contributed by atoms with van der Waals surface area (Å²) in [5.74, 6) is -1.42. The molecule has 0 saturated carbocycles. The van der Waals surface area contributed by atoms with E-state index >= 15 is 0 Å². The monoisotopic (exact) mass is 257 g/mol. The fourth-order valence-electron chi connectivity index (χ4n) is 2.29. The molecule has 17 heavy (non-hydrogen) atoms. The topological polar surface area (TPSA) is 121 Å². The lowest BCUT2D eigenvalue weighted by Crippen LogP contribution is -2.51. The summed E-state index contributed by atoms with van der Waals surface area (Å²) in [4.78, 5) is 29.8. The number of hydrogen-bond donors (Lipinski definition) is 4. The minimum atomic E-state index is -4.58. The van der Waals surface area contributed by atoms with Gasteiger partial charge in [0.15, 0.2) is 5.54 Å². The normalized spacial score (nSPS) is 27.8. The Bertz CT molecular complexity index is 525. The van der Waals surface area contributed by atoms with Gasteiger partial charge < -0.3 is 20.6 Å². The van der Waals surface area contributed by atoms with Crippen LogP contribution in [0.1, 0.15) is 11.1 Å². The van der Waals surface area contributed by atoms with Gasteiger partial charge in [-0.3, -0.25) is 4.57 Å². The Kier molecular flexibility index (Phi) is 2.63. The van der Waals surface area contributed by atoms with Crippen LogP contribution in [0.25, 0.3) is 0 Å². The molecule has 0 bridgehead atoms. The Balaban J connectivity index is 2.64. The minimum Gasteiger partial charge on any atom is -0.480 e. The second kappa shape index (κ2) is 3.65. The highest BCUT2D eigenvalue weighted by molar-refractivity contribution is 7.52. The van der Waals surface area contributed by atoms with E-state index in [1.807, 2.05) is 0 Å². The number of nitrogens with two attached hydrogens (primary N) is 1. The van der Waals surface area contributed by atoms with Crippen molar-refractivity contribution in [3.8, 4) is 0 Å². The van der Waals surface area contributed by atoms with Crippen molar-refractivity contribution in [1.29, 1.82) is 0 Å². The predicted molar refractivity (Wildman–Crippen MR) is 59.5 cm³/mol. The molecule has 0 amide bonds. The summed E-state index contributed by atoms with van der Waals surface area (Å²) in [7, 11) is -4.58. The maximum absolute atomic E-state index is 11.4. The Labute approximate surface area is 97.2 Å². The van der Waals surface area contributed by atoms with Crippen molar-refractivity contribution in [1.82, 2.24) is 0 Å². The van der Waals surface area contributed by atoms with Gasteiger partial charge in [0.2, 0.25) is 0 Å². The summed E-state index contributed by atoms with van der Waals surface area (Å²) >= 11 is 0. The highest BCUT2D eigenvalue weighted by Gasteiger charge is 2.57. The van der Waals surface area contributed by atoms with E-state index in [9.17, 15) is 24.3 Å². The number of carbonyl (C=O) groups is 1. The van der Waals surface area contributed by atoms with Crippen molar-refractivity contribution < 1.29 is 24.3 Å². The van der Waals surface area contributed by atoms with Gasteiger partial charge in [-0.1, -0.05) is 24.3 Å². The fraction of sp³-hybridized carbons (Fsp3) is 0.300. The first-order valence-electron chi connectivity index (χ1n) is 4.94. The number of fused-ring (bicyclic) bond motifs is 1. The van der Waals surface area contributed by atoms with E-state index in [0.29, 0.717) is 5.56 Å². The van der Waals surface area contributed by atoms with Gasteiger partial charge in [0.1, 0.15) is 0 Å². The van der Waals surface area contributed by atoms with E-state index in [-0.39, 0.29) is 12.0 Å². The molecule has 0 aliphatic heterocycles. The molecule has 0 fully saturated rings. The summed E-state index contributed by atoms with van der Waals surface area (Å²) < 4.78 is 11.4. The van der Waals surface area contributed by atoms with Crippen LogP contribution in [0.4, 0.5) is 0 Å². The minimum absolute atomic E-state index is 0.0246. The molecule has 2 rings (SSSR count). The predicted octanol–water partition coefficient (Wildman–Crippen LogP) is 0.0276. The van der Waals surface area contributed by atoms with Crippen molar-refractivity contribution in [2.45, 2.75) is 17.6 Å². The van der Waals surface area contributed by atoms with Gasteiger partial charge in [-0.25, -0.2) is 4.79 Å². The highest BCUT2D eigenvalue weighted by Crippen LogP contribution is 2.54. The second-order valence-electron chi connectivity index (χ2n) is 4.14. The lowest BCUT2D eigenvalue weighted by atomic mass is 9.93. The maximum atomic E-state index is 11.4. The SMILES string of the molecule is NC1(C(=O)O)c2ccccc2CC1P(=O)(O)O. The zero-order valence-electron chi connectivity index (χ0n) is 8.78. The van der Waals surface area contributed by atoms with Crippen LogP contribution in [0.3, 0.4) is 0 Å². The molecule has 0 saturated heterocycles. The Morgan fingerprint density at radius 1 is 1.41 bits per heavy atom. The van der Waals surface area contributed by atoms with Crippen LogP contribution < -0.4 is 5.73 Å². The van der Waals surface area contributed by atoms with Gasteiger partial charge in [-0.2, -0.15) is 0 Å². The molecule has 6 nitrogen and oxygen atoms in total. The Morgan fingerprint density at radius 3 is 2.53 bits per heavy atom. The van der Waals surface area contributed by atoms with Crippen molar-refractivity contribution in [3.05, 3.63) is 35.4 Å². The molecule has 0 heterocycles. The average Bonchev–Trinajstić information content (AvgIpc) is 2.54. The van der Waals surface area contributed by atoms with Crippen LogP contribution in [0.15, 0.2) is 24.3 Å². The Hall–Kier alpha value is -1.20. The molecule has 1 aliphatic carbocycles. The zero-order valence-corrected chi connectivity index (χ0v) is 9.67. The average molecular weight is 257 g/mol. The molecule has 1 aromatic carbocycles. The van der Waals surface area contributed by atoms with Gasteiger partial charge >= 0.3 is 13.6 Å². The lowest BCUT2D eigenvalue weighted by Gasteiger charge is -2.28. The molecule has 1 aliphatic rings. The fourth-order valence-corrected chi connectivity index (χ4v) is 3.51. The maximum Gasteiger partial charge on any atom is 0.331 e. The first-order chi connectivity index (χ1) is 7.78. The number of aliphatic carboxylic acids is 1. The number of carboxylic acid groups (broad SMARTS) is 1. The molecule has 0 spiro atoms. The largest absolute Gasteiger partial charge is 0.480 e. The Morgan fingerprint density at radius 2 is 2.00 bits per heavy atom. The van der Waals surface area contributed by atoms with E-state index in [1.165, 1.54) is 6.07 Å². The summed E-state index contributed by atoms with van der Waals surface area (Å²) in [5.41, 5.74) is 3.18. The summed E-state index contributed by atoms with van der Waals surface area (Å²) in [6.45, 7) is 0. The molecule has 92 valence electrons. The summed E-state index contributed by atoms with van der Waals surface area (Å²) in [5, 5.41) is 9.18. The van der Waals surface area contributed by atoms with E-state index in [2.05, 4.69) is 0 Å². The van der Waals surface area contributed by atoms with Crippen molar-refractivity contribution >= 4 is 13.6 Å². The molecular weight excluding hydrogens is 245 g/mol. The van der Waals surface area contributed by atoms with Gasteiger partial charge in [0.05, 0.1) is 5.66 Å². The quantitative estimate of drug-likeness (QED) is 0.554. The standard InChI is InChI=1S/C10H12NO5P/c11-10(9(12)13)7-4-2-1-3-6(7)5-8(10)17(14,15)16/h1-4,8H,5,11H2,(H,12,13)(H2,14,15,16). The van der Waals surface area contributed by atoms with E-state index in [0.717, 1.165) is 0 Å². The first-order valence-corrected chi connectivity index (χ1v) is 6.62. The van der Waals surface area contributed by atoms with Crippen LogP contribution in [-0.4, -0.2) is 26.5 Å². The van der Waals surface area contributed by atoms with E-state index in [1.54, 1.807) is 18.2 Å². The molecule has 5 N–H and O–H groups in total. The summed E-state index contributed by atoms with van der Waals surface area (Å²) in [6, 6.07) is 6.42. The first kappa shape index (κ1) is 12.3. The molecule has 7 heteroatoms. The number of rotatable bonds is 2. The molecule has 2 unspecified atom stereocenters. The molecular formula is C10H12NO5P. The summed E-state index contributed by atoms with van der Waals surface area (Å²) in [6.07, 6.45) is -0.0246. The van der Waals surface area contributed by atoms with Gasteiger partial charge in [-0.05, 0) is 17.5 Å². The van der Waals surface area contributed by atoms with Gasteiger partial charge in [0.25, 0.3) is 0 Å². The number of benzene rings is 1. The van der Waals surface area contributed by atoms with E-state index in [4.69, 9.17) is 5.73 Å². The molecule has 0 radical (unpaired) electrons. The molecule has 1 aromatic rings. The highest BCUT2D eigenvalue weighted by atomic mass is 31.2. The van der Waals surface area contributed by atoms with Crippen LogP contribution in [0, 0.1) is 0 Å². The van der Waals surface area contributed by atoms with Crippen molar-refractivity contribution in [2.24, 2.45) is 5.73 Å². The lowest BCUT2D eigenvalue weighted by molar-refractivity contribution is -0.143. The third-order valence-corrected chi connectivity index (χ3v) is 4.56. The van der Waals surface area contributed by atoms with Gasteiger partial charge in [-0.15, -0.1) is 0 Å². The molecule has 2 atom stereocenters. The van der Waals surface area contributed by atoms with Crippen LogP contribution in [-0.2, 0) is 21.3 Å².